The van der Waals surface area contributed by atoms with E-state index in [1.165, 1.54) is 4.90 Å². The average molecular weight is 794 g/mol. The van der Waals surface area contributed by atoms with Crippen LogP contribution in [0.2, 0.25) is 0 Å². The zero-order chi connectivity index (χ0) is 33.5. The Bertz CT molecular complexity index is 1560. The molecule has 0 aromatic heterocycles. The van der Waals surface area contributed by atoms with Crippen LogP contribution < -0.4 is 10.5 Å². The number of carbonyl (C=O) groups is 3. The lowest BCUT2D eigenvalue weighted by Gasteiger charge is -2.37. The van der Waals surface area contributed by atoms with Gasteiger partial charge in [0.15, 0.2) is 6.10 Å². The highest BCUT2D eigenvalue weighted by Gasteiger charge is 2.33. The molecule has 0 bridgehead atoms. The maximum Gasteiger partial charge on any atom is 0.410 e. The number of benzene rings is 2. The van der Waals surface area contributed by atoms with Gasteiger partial charge >= 0.3 is 12.1 Å². The van der Waals surface area contributed by atoms with E-state index in [1.807, 2.05) is 29.2 Å². The van der Waals surface area contributed by atoms with Gasteiger partial charge in [0.25, 0.3) is 5.91 Å². The number of anilines is 1. The number of hydrogen-bond acceptors (Lipinski definition) is 9. The minimum atomic E-state index is -1.52. The van der Waals surface area contributed by atoms with E-state index < -0.39 is 29.7 Å². The van der Waals surface area contributed by atoms with Crippen LogP contribution in [-0.2, 0) is 33.9 Å². The molecule has 2 atom stereocenters. The number of nitrogens with one attached hydrogen (secondary N) is 1. The third-order valence-corrected chi connectivity index (χ3v) is 10.5. The summed E-state index contributed by atoms with van der Waals surface area (Å²) >= 11 is 5.07. The van der Waals surface area contributed by atoms with E-state index in [0.29, 0.717) is 72.9 Å². The fraction of sp³-hybridized carbons (Fsp3) is 0.452. The average Bonchev–Trinajstić information content (AvgIpc) is 3.23. The Morgan fingerprint density at radius 2 is 1.77 bits per heavy atom. The van der Waals surface area contributed by atoms with E-state index >= 15 is 0 Å². The molecular weight excluding hydrogens is 758 g/mol. The van der Waals surface area contributed by atoms with Gasteiger partial charge in [0, 0.05) is 50.9 Å². The number of hydrogen-bond donors (Lipinski definition) is 3. The van der Waals surface area contributed by atoms with Crippen LogP contribution in [0.4, 0.5) is 15.3 Å². The monoisotopic (exact) mass is 791 g/mol. The van der Waals surface area contributed by atoms with Gasteiger partial charge in [0.05, 0.1) is 26.7 Å². The number of urea groups is 1. The third-order valence-electron chi connectivity index (χ3n) is 8.46. The number of piperidine rings is 2. The van der Waals surface area contributed by atoms with Crippen molar-refractivity contribution in [1.29, 1.82) is 0 Å². The molecule has 0 saturated carbocycles. The summed E-state index contributed by atoms with van der Waals surface area (Å²) in [4.78, 5) is 51.0. The van der Waals surface area contributed by atoms with Gasteiger partial charge in [-0.3, -0.25) is 4.79 Å². The number of aliphatic imine (C=N–C) groups is 2. The number of halogens is 2. The third kappa shape index (κ3) is 9.24. The van der Waals surface area contributed by atoms with Crippen LogP contribution in [0.1, 0.15) is 36.8 Å². The highest BCUT2D eigenvalue weighted by Crippen LogP contribution is 2.34. The number of para-hydroxylation sites is 1. The van der Waals surface area contributed by atoms with Gasteiger partial charge in [-0.05, 0) is 93.3 Å². The highest BCUT2D eigenvalue weighted by molar-refractivity contribution is 9.11. The van der Waals surface area contributed by atoms with Crippen LogP contribution in [-0.4, -0.2) is 104 Å². The van der Waals surface area contributed by atoms with Gasteiger partial charge < -0.3 is 29.5 Å². The molecule has 3 heterocycles. The van der Waals surface area contributed by atoms with Gasteiger partial charge in [0.1, 0.15) is 17.3 Å². The molecule has 1 unspecified atom stereocenters. The lowest BCUT2D eigenvalue weighted by atomic mass is 10.0. The standard InChI is InChI=1S/C31H35Br2N7O6S/c32-24-17-20(18-25(33)28(24)41)19-27(29(42)36-11-10-35-22-6-14-39(15-7-22)47(34)45)46-31(44)38-12-8-23(9-13-38)40-16-5-21-3-1-2-4-26(21)37-30(40)43/h1-4,17-18,22-23,27,41H,5-9,12-16,19,34H2,(H,37,43)/t27-,47?/m1/s1. The largest absolute Gasteiger partial charge is 0.579 e. The van der Waals surface area contributed by atoms with Crippen molar-refractivity contribution in [1.82, 2.24) is 14.1 Å². The Labute approximate surface area is 292 Å². The second kappa shape index (κ2) is 16.3. The van der Waals surface area contributed by atoms with E-state index in [9.17, 15) is 24.0 Å². The zero-order valence-corrected chi connectivity index (χ0v) is 29.4. The summed E-state index contributed by atoms with van der Waals surface area (Å²) < 4.78 is 19.6. The molecule has 3 aliphatic rings. The number of phenols is 1. The second-order valence-electron chi connectivity index (χ2n) is 11.5. The molecule has 2 aromatic carbocycles. The molecule has 0 radical (unpaired) electrons. The number of likely N-dealkylation sites (tertiary alicyclic amines) is 1. The maximum absolute atomic E-state index is 13.3. The van der Waals surface area contributed by atoms with Crippen LogP contribution in [0.15, 0.2) is 55.3 Å². The molecule has 4 amide bonds. The van der Waals surface area contributed by atoms with Gasteiger partial charge in [-0.2, -0.15) is 4.99 Å². The van der Waals surface area contributed by atoms with Gasteiger partial charge in [-0.1, -0.05) is 18.2 Å². The number of carbonyl (C=O) groups excluding carboxylic acids is 3. The van der Waals surface area contributed by atoms with Crippen molar-refractivity contribution >= 4 is 78.9 Å². The van der Waals surface area contributed by atoms with Gasteiger partial charge in [-0.25, -0.2) is 14.6 Å². The number of fused-ring (bicyclic) bond motifs is 1. The van der Waals surface area contributed by atoms with Crippen molar-refractivity contribution in [2.45, 2.75) is 56.7 Å². The van der Waals surface area contributed by atoms with Crippen molar-refractivity contribution < 1.29 is 28.8 Å². The number of phenolic OH excluding ortho intramolecular Hbond substituents is 1. The molecule has 250 valence electrons. The molecule has 2 aromatic rings. The number of nitrogens with two attached hydrogens (primary N) is 1. The summed E-state index contributed by atoms with van der Waals surface area (Å²) in [6.07, 6.45) is 1.16. The summed E-state index contributed by atoms with van der Waals surface area (Å²) in [7, 11) is 0. The lowest BCUT2D eigenvalue weighted by Crippen LogP contribution is -2.50. The molecule has 47 heavy (non-hydrogen) atoms. The second-order valence-corrected chi connectivity index (χ2v) is 14.3. The van der Waals surface area contributed by atoms with E-state index in [1.54, 1.807) is 16.4 Å². The first-order valence-electron chi connectivity index (χ1n) is 15.2. The Kier molecular flexibility index (Phi) is 12.2. The number of nitrogens with zero attached hydrogens (tertiary/aromatic N) is 5. The minimum Gasteiger partial charge on any atom is -0.579 e. The first-order chi connectivity index (χ1) is 22.6. The van der Waals surface area contributed by atoms with Crippen molar-refractivity contribution in [2.75, 3.05) is 38.0 Å². The summed E-state index contributed by atoms with van der Waals surface area (Å²) in [5.74, 6) is 4.25. The normalized spacial score (nSPS) is 18.9. The van der Waals surface area contributed by atoms with E-state index in [4.69, 9.17) is 9.88 Å². The number of ether oxygens (including phenoxy) is 1. The number of rotatable bonds is 7. The maximum atomic E-state index is 13.3. The predicted octanol–water partition coefficient (Wildman–Crippen LogP) is 3.94. The lowest BCUT2D eigenvalue weighted by molar-refractivity contribution is -0.126. The predicted molar refractivity (Wildman–Crippen MR) is 185 cm³/mol. The molecule has 2 fully saturated rings. The van der Waals surface area contributed by atoms with E-state index in [-0.39, 0.29) is 30.3 Å². The van der Waals surface area contributed by atoms with Gasteiger partial charge in [-0.15, -0.1) is 9.44 Å². The van der Waals surface area contributed by atoms with Crippen LogP contribution >= 0.6 is 31.9 Å². The van der Waals surface area contributed by atoms with E-state index in [0.717, 1.165) is 17.7 Å². The smallest absolute Gasteiger partial charge is 0.410 e. The zero-order valence-electron chi connectivity index (χ0n) is 25.4. The summed E-state index contributed by atoms with van der Waals surface area (Å²) in [5.41, 5.74) is 2.51. The molecule has 4 N–H and O–H groups in total. The van der Waals surface area contributed by atoms with Crippen molar-refractivity contribution in [3.8, 4) is 5.75 Å². The van der Waals surface area contributed by atoms with Crippen LogP contribution in [0.3, 0.4) is 0 Å². The van der Waals surface area contributed by atoms with Crippen molar-refractivity contribution in [2.24, 2.45) is 15.1 Å². The molecule has 5 rings (SSSR count). The van der Waals surface area contributed by atoms with Crippen molar-refractivity contribution in [3.63, 3.8) is 0 Å². The topological polar surface area (TPSA) is 176 Å². The molecular formula is C31H35Br2N7O6S. The first-order valence-corrected chi connectivity index (χ1v) is 18.0. The minimum absolute atomic E-state index is 0.000773. The Hall–Kier alpha value is -3.20. The Morgan fingerprint density at radius 3 is 2.45 bits per heavy atom. The van der Waals surface area contributed by atoms with E-state index in [2.05, 4.69) is 58.9 Å². The number of aromatic hydroxyl groups is 1. The molecule has 3 aliphatic heterocycles. The fourth-order valence-electron chi connectivity index (χ4n) is 5.85. The highest BCUT2D eigenvalue weighted by atomic mass is 79.9. The summed E-state index contributed by atoms with van der Waals surface area (Å²) in [6, 6.07) is 10.7. The quantitative estimate of drug-likeness (QED) is 0.279. The van der Waals surface area contributed by atoms with Crippen LogP contribution in [0.25, 0.3) is 0 Å². The SMILES string of the molecule is N[S+]([O-])N1CCC(N=C=C=NC(=O)[C@@H](Cc2cc(Br)c(O)c(Br)c2)OC(=O)N2CCC(N3CCc4ccccc4NC3=O)CC2)CC1. The first kappa shape index (κ1) is 35.1. The number of amides is 4. The Morgan fingerprint density at radius 1 is 1.09 bits per heavy atom. The fourth-order valence-corrected chi connectivity index (χ4v) is 7.70. The van der Waals surface area contributed by atoms with Crippen molar-refractivity contribution in [3.05, 3.63) is 56.5 Å². The molecule has 0 spiro atoms. The van der Waals surface area contributed by atoms with Crippen LogP contribution in [0.5, 0.6) is 5.75 Å². The molecule has 13 nitrogen and oxygen atoms in total. The Balaban J connectivity index is 1.22. The van der Waals surface area contributed by atoms with Crippen LogP contribution in [0, 0.1) is 0 Å². The summed E-state index contributed by atoms with van der Waals surface area (Å²) in [6.45, 7) is 2.34. The molecule has 16 heteroatoms. The molecule has 0 aliphatic carbocycles. The summed E-state index contributed by atoms with van der Waals surface area (Å²) in [5, 5.41) is 18.6. The van der Waals surface area contributed by atoms with Gasteiger partial charge in [0.2, 0.25) is 0 Å². The molecule has 2 saturated heterocycles.